The molecule has 5 nitrogen and oxygen atoms in total. The summed E-state index contributed by atoms with van der Waals surface area (Å²) >= 11 is 1.25. The van der Waals surface area contributed by atoms with Gasteiger partial charge in [0.2, 0.25) is 0 Å². The van der Waals surface area contributed by atoms with E-state index < -0.39 is 5.97 Å². The van der Waals surface area contributed by atoms with Crippen LogP contribution in [0, 0.1) is 0 Å². The fourth-order valence-electron chi connectivity index (χ4n) is 2.75. The molecule has 0 unspecified atom stereocenters. The first-order chi connectivity index (χ1) is 10.7. The van der Waals surface area contributed by atoms with Gasteiger partial charge in [-0.3, -0.25) is 4.90 Å². The van der Waals surface area contributed by atoms with E-state index in [9.17, 15) is 9.90 Å². The Morgan fingerprint density at radius 2 is 2.18 bits per heavy atom. The van der Waals surface area contributed by atoms with Crippen LogP contribution in [0.2, 0.25) is 0 Å². The standard InChI is InChI=1S/C16H18N2O3S/c1-21-10-13-15(16(19)20)22-14(17-13)9-18-7-6-11-4-2-3-5-12(11)8-18/h2-5H,6-10H2,1H3,(H,19,20). The maximum atomic E-state index is 11.3. The van der Waals surface area contributed by atoms with Crippen molar-refractivity contribution in [1.82, 2.24) is 9.88 Å². The zero-order valence-corrected chi connectivity index (χ0v) is 13.2. The van der Waals surface area contributed by atoms with Crippen LogP contribution in [0.15, 0.2) is 24.3 Å². The first kappa shape index (κ1) is 15.1. The number of benzene rings is 1. The Bertz CT molecular complexity index is 684. The lowest BCUT2D eigenvalue weighted by molar-refractivity contribution is 0.0697. The van der Waals surface area contributed by atoms with Crippen molar-refractivity contribution in [2.45, 2.75) is 26.1 Å². The van der Waals surface area contributed by atoms with Gasteiger partial charge in [-0.2, -0.15) is 0 Å². The van der Waals surface area contributed by atoms with Gasteiger partial charge in [-0.05, 0) is 17.5 Å². The molecule has 0 fully saturated rings. The first-order valence-electron chi connectivity index (χ1n) is 7.17. The van der Waals surface area contributed by atoms with Gasteiger partial charge in [0.25, 0.3) is 0 Å². The van der Waals surface area contributed by atoms with Gasteiger partial charge in [0.15, 0.2) is 0 Å². The summed E-state index contributed by atoms with van der Waals surface area (Å²) in [5.41, 5.74) is 3.28. The van der Waals surface area contributed by atoms with Gasteiger partial charge in [0.05, 0.1) is 18.8 Å². The molecule has 0 spiro atoms. The van der Waals surface area contributed by atoms with E-state index in [0.717, 1.165) is 24.5 Å². The molecule has 0 saturated heterocycles. The summed E-state index contributed by atoms with van der Waals surface area (Å²) in [6.07, 6.45) is 1.03. The highest BCUT2D eigenvalue weighted by atomic mass is 32.1. The summed E-state index contributed by atoms with van der Waals surface area (Å²) in [6.45, 7) is 2.78. The van der Waals surface area contributed by atoms with Crippen molar-refractivity contribution in [1.29, 1.82) is 0 Å². The summed E-state index contributed by atoms with van der Waals surface area (Å²) in [5.74, 6) is -0.931. The van der Waals surface area contributed by atoms with Crippen molar-refractivity contribution >= 4 is 17.3 Å². The third kappa shape index (κ3) is 3.19. The first-order valence-corrected chi connectivity index (χ1v) is 7.99. The van der Waals surface area contributed by atoms with E-state index in [1.165, 1.54) is 22.5 Å². The van der Waals surface area contributed by atoms with Crippen LogP contribution in [0.4, 0.5) is 0 Å². The van der Waals surface area contributed by atoms with Crippen molar-refractivity contribution in [2.75, 3.05) is 13.7 Å². The fourth-order valence-corrected chi connectivity index (χ4v) is 3.70. The number of ether oxygens (including phenoxy) is 1. The molecule has 0 atom stereocenters. The fraction of sp³-hybridized carbons (Fsp3) is 0.375. The van der Waals surface area contributed by atoms with Crippen LogP contribution >= 0.6 is 11.3 Å². The number of thiazole rings is 1. The van der Waals surface area contributed by atoms with E-state index in [2.05, 4.69) is 34.1 Å². The molecule has 0 saturated carbocycles. The molecule has 116 valence electrons. The Labute approximate surface area is 133 Å². The molecule has 0 radical (unpaired) electrons. The number of carboxylic acid groups (broad SMARTS) is 1. The lowest BCUT2D eigenvalue weighted by Crippen LogP contribution is -2.29. The number of carboxylic acids is 1. The number of nitrogens with zero attached hydrogens (tertiary/aromatic N) is 2. The summed E-state index contributed by atoms with van der Waals surface area (Å²) in [5, 5.41) is 10.1. The number of methoxy groups -OCH3 is 1. The number of fused-ring (bicyclic) bond motifs is 1. The highest BCUT2D eigenvalue weighted by Gasteiger charge is 2.21. The Morgan fingerprint density at radius 1 is 1.41 bits per heavy atom. The molecule has 1 aromatic heterocycles. The van der Waals surface area contributed by atoms with E-state index in [4.69, 9.17) is 4.74 Å². The second-order valence-electron chi connectivity index (χ2n) is 5.35. The molecular weight excluding hydrogens is 300 g/mol. The average molecular weight is 318 g/mol. The zero-order chi connectivity index (χ0) is 15.5. The predicted octanol–water partition coefficient (Wildman–Crippen LogP) is 2.55. The molecule has 2 aromatic rings. The second-order valence-corrected chi connectivity index (χ2v) is 6.43. The number of aromatic carboxylic acids is 1. The van der Waals surface area contributed by atoms with E-state index in [1.807, 2.05) is 0 Å². The van der Waals surface area contributed by atoms with Crippen LogP contribution in [0.1, 0.15) is 31.5 Å². The topological polar surface area (TPSA) is 62.7 Å². The highest BCUT2D eigenvalue weighted by Crippen LogP contribution is 2.24. The maximum Gasteiger partial charge on any atom is 0.347 e. The van der Waals surface area contributed by atoms with Crippen LogP contribution in [0.3, 0.4) is 0 Å². The minimum atomic E-state index is -0.931. The highest BCUT2D eigenvalue weighted by molar-refractivity contribution is 7.13. The van der Waals surface area contributed by atoms with Crippen molar-refractivity contribution < 1.29 is 14.6 Å². The molecule has 6 heteroatoms. The molecule has 0 aliphatic carbocycles. The number of hydrogen-bond donors (Lipinski definition) is 1. The SMILES string of the molecule is COCc1nc(CN2CCc3ccccc3C2)sc1C(=O)O. The summed E-state index contributed by atoms with van der Waals surface area (Å²) in [4.78, 5) is 18.3. The molecule has 1 aliphatic heterocycles. The third-order valence-corrected chi connectivity index (χ3v) is 4.86. The minimum Gasteiger partial charge on any atom is -0.477 e. The van der Waals surface area contributed by atoms with Crippen molar-refractivity contribution in [3.63, 3.8) is 0 Å². The summed E-state index contributed by atoms with van der Waals surface area (Å²) in [7, 11) is 1.55. The second kappa shape index (κ2) is 6.56. The molecule has 1 N–H and O–H groups in total. The van der Waals surface area contributed by atoms with E-state index >= 15 is 0 Å². The van der Waals surface area contributed by atoms with Crippen LogP contribution in [0.5, 0.6) is 0 Å². The van der Waals surface area contributed by atoms with Gasteiger partial charge in [0.1, 0.15) is 9.88 Å². The number of aromatic nitrogens is 1. The lowest BCUT2D eigenvalue weighted by atomic mass is 10.0. The van der Waals surface area contributed by atoms with Crippen LogP contribution < -0.4 is 0 Å². The molecule has 2 heterocycles. The summed E-state index contributed by atoms with van der Waals surface area (Å²) < 4.78 is 5.04. The molecular formula is C16H18N2O3S. The molecule has 0 bridgehead atoms. The van der Waals surface area contributed by atoms with Gasteiger partial charge in [-0.1, -0.05) is 24.3 Å². The van der Waals surface area contributed by atoms with Gasteiger partial charge in [-0.25, -0.2) is 9.78 Å². The Balaban J connectivity index is 1.74. The Hall–Kier alpha value is -1.76. The molecule has 22 heavy (non-hydrogen) atoms. The third-order valence-electron chi connectivity index (χ3n) is 3.79. The molecule has 3 rings (SSSR count). The monoisotopic (exact) mass is 318 g/mol. The smallest absolute Gasteiger partial charge is 0.347 e. The van der Waals surface area contributed by atoms with Gasteiger partial charge < -0.3 is 9.84 Å². The summed E-state index contributed by atoms with van der Waals surface area (Å²) in [6, 6.07) is 8.47. The Kier molecular flexibility index (Phi) is 4.52. The van der Waals surface area contributed by atoms with Crippen molar-refractivity contribution in [3.8, 4) is 0 Å². The Morgan fingerprint density at radius 3 is 2.91 bits per heavy atom. The number of hydrogen-bond acceptors (Lipinski definition) is 5. The van der Waals surface area contributed by atoms with E-state index in [0.29, 0.717) is 12.2 Å². The van der Waals surface area contributed by atoms with E-state index in [1.54, 1.807) is 7.11 Å². The largest absolute Gasteiger partial charge is 0.477 e. The number of carbonyl (C=O) groups is 1. The minimum absolute atomic E-state index is 0.237. The van der Waals surface area contributed by atoms with Crippen LogP contribution in [-0.4, -0.2) is 34.6 Å². The maximum absolute atomic E-state index is 11.3. The zero-order valence-electron chi connectivity index (χ0n) is 12.4. The average Bonchev–Trinajstić information content (AvgIpc) is 2.90. The molecule has 0 amide bonds. The predicted molar refractivity (Wildman–Crippen MR) is 84.0 cm³/mol. The molecule has 1 aromatic carbocycles. The number of rotatable bonds is 5. The van der Waals surface area contributed by atoms with Gasteiger partial charge in [-0.15, -0.1) is 11.3 Å². The lowest BCUT2D eigenvalue weighted by Gasteiger charge is -2.27. The van der Waals surface area contributed by atoms with Crippen molar-refractivity contribution in [3.05, 3.63) is 51.0 Å². The van der Waals surface area contributed by atoms with Crippen molar-refractivity contribution in [2.24, 2.45) is 0 Å². The normalized spacial score (nSPS) is 14.8. The van der Waals surface area contributed by atoms with Crippen LogP contribution in [0.25, 0.3) is 0 Å². The quantitative estimate of drug-likeness (QED) is 0.918. The van der Waals surface area contributed by atoms with Gasteiger partial charge in [0, 0.05) is 20.2 Å². The molecule has 1 aliphatic rings. The van der Waals surface area contributed by atoms with E-state index in [-0.39, 0.29) is 11.5 Å². The van der Waals surface area contributed by atoms with Gasteiger partial charge >= 0.3 is 5.97 Å². The van der Waals surface area contributed by atoms with Crippen LogP contribution in [-0.2, 0) is 30.9 Å².